The van der Waals surface area contributed by atoms with Gasteiger partial charge in [0.05, 0.1) is 4.90 Å². The number of piperazine rings is 1. The van der Waals surface area contributed by atoms with Gasteiger partial charge in [-0.05, 0) is 31.2 Å². The van der Waals surface area contributed by atoms with Crippen LogP contribution in [0, 0.1) is 0 Å². The summed E-state index contributed by atoms with van der Waals surface area (Å²) in [7, 11) is -3.52. The van der Waals surface area contributed by atoms with Crippen LogP contribution in [0.4, 0.5) is 0 Å². The minimum absolute atomic E-state index is 0.131. The number of sulfonamides is 1. The molecule has 7 heteroatoms. The van der Waals surface area contributed by atoms with Crippen LogP contribution in [0.2, 0.25) is 0 Å². The van der Waals surface area contributed by atoms with Crippen LogP contribution in [0.15, 0.2) is 44.4 Å². The number of fused-ring (bicyclic) bond motifs is 1. The van der Waals surface area contributed by atoms with Gasteiger partial charge in [0.15, 0.2) is 0 Å². The Hall–Kier alpha value is -1.70. The van der Waals surface area contributed by atoms with E-state index >= 15 is 0 Å². The molecule has 1 N–H and O–H groups in total. The molecule has 1 aliphatic heterocycles. The zero-order chi connectivity index (χ0) is 15.0. The van der Waals surface area contributed by atoms with Gasteiger partial charge < -0.3 is 9.73 Å². The monoisotopic (exact) mass is 308 g/mol. The second kappa shape index (κ2) is 5.25. The third-order valence-electron chi connectivity index (χ3n) is 3.56. The first-order valence-corrected chi connectivity index (χ1v) is 8.18. The zero-order valence-corrected chi connectivity index (χ0v) is 12.4. The van der Waals surface area contributed by atoms with Crippen molar-refractivity contribution in [1.82, 2.24) is 9.62 Å². The van der Waals surface area contributed by atoms with Crippen LogP contribution >= 0.6 is 0 Å². The Morgan fingerprint density at radius 3 is 2.86 bits per heavy atom. The fourth-order valence-electron chi connectivity index (χ4n) is 2.47. The Labute approximate surface area is 122 Å². The summed E-state index contributed by atoms with van der Waals surface area (Å²) in [5.74, 6) is 0. The summed E-state index contributed by atoms with van der Waals surface area (Å²) in [6, 6.07) is 7.53. The second-order valence-corrected chi connectivity index (χ2v) is 7.11. The fraction of sp³-hybridized carbons (Fsp3) is 0.357. The van der Waals surface area contributed by atoms with Crippen molar-refractivity contribution < 1.29 is 12.8 Å². The SMILES string of the molecule is C[C@@H]1CN(S(=O)(=O)c2ccc3oc(=O)ccc3c2)CCN1. The second-order valence-electron chi connectivity index (χ2n) is 5.17. The molecule has 21 heavy (non-hydrogen) atoms. The van der Waals surface area contributed by atoms with Crippen LogP contribution in [0.1, 0.15) is 6.92 Å². The van der Waals surface area contributed by atoms with E-state index in [2.05, 4.69) is 5.32 Å². The van der Waals surface area contributed by atoms with E-state index < -0.39 is 15.6 Å². The van der Waals surface area contributed by atoms with E-state index in [1.54, 1.807) is 12.1 Å². The van der Waals surface area contributed by atoms with Crippen LogP contribution in [0.5, 0.6) is 0 Å². The molecule has 2 aromatic rings. The number of rotatable bonds is 2. The number of hydrogen-bond acceptors (Lipinski definition) is 5. The van der Waals surface area contributed by atoms with Gasteiger partial charge in [-0.25, -0.2) is 13.2 Å². The molecule has 0 saturated carbocycles. The molecule has 2 heterocycles. The lowest BCUT2D eigenvalue weighted by Gasteiger charge is -2.31. The molecule has 112 valence electrons. The van der Waals surface area contributed by atoms with Gasteiger partial charge in [0, 0.05) is 37.1 Å². The van der Waals surface area contributed by atoms with Crippen molar-refractivity contribution >= 4 is 21.0 Å². The first-order valence-electron chi connectivity index (χ1n) is 6.74. The Morgan fingerprint density at radius 1 is 1.29 bits per heavy atom. The average Bonchev–Trinajstić information content (AvgIpc) is 2.46. The lowest BCUT2D eigenvalue weighted by atomic mass is 10.2. The molecule has 1 fully saturated rings. The molecule has 0 aliphatic carbocycles. The largest absolute Gasteiger partial charge is 0.423 e. The van der Waals surface area contributed by atoms with E-state index in [0.717, 1.165) is 0 Å². The van der Waals surface area contributed by atoms with Crippen LogP contribution in [-0.2, 0) is 10.0 Å². The molecule has 6 nitrogen and oxygen atoms in total. The third-order valence-corrected chi connectivity index (χ3v) is 5.42. The first-order chi connectivity index (χ1) is 9.96. The maximum Gasteiger partial charge on any atom is 0.336 e. The molecule has 0 unspecified atom stereocenters. The van der Waals surface area contributed by atoms with E-state index in [1.165, 1.54) is 22.5 Å². The summed E-state index contributed by atoms with van der Waals surface area (Å²) in [5, 5.41) is 3.81. The summed E-state index contributed by atoms with van der Waals surface area (Å²) < 4.78 is 31.8. The van der Waals surface area contributed by atoms with Crippen molar-refractivity contribution in [2.75, 3.05) is 19.6 Å². The number of benzene rings is 1. The smallest absolute Gasteiger partial charge is 0.336 e. The van der Waals surface area contributed by atoms with Gasteiger partial charge in [-0.1, -0.05) is 0 Å². The van der Waals surface area contributed by atoms with Crippen molar-refractivity contribution in [2.24, 2.45) is 0 Å². The molecule has 1 atom stereocenters. The molecule has 0 spiro atoms. The Bertz CT molecular complexity index is 828. The van der Waals surface area contributed by atoms with Crippen molar-refractivity contribution in [2.45, 2.75) is 17.9 Å². The summed E-state index contributed by atoms with van der Waals surface area (Å²) in [4.78, 5) is 11.4. The first kappa shape index (κ1) is 14.2. The molecule has 0 amide bonds. The lowest BCUT2D eigenvalue weighted by Crippen LogP contribution is -2.51. The highest BCUT2D eigenvalue weighted by Crippen LogP contribution is 2.21. The maximum absolute atomic E-state index is 12.6. The topological polar surface area (TPSA) is 79.6 Å². The van der Waals surface area contributed by atoms with Crippen molar-refractivity contribution in [3.8, 4) is 0 Å². The van der Waals surface area contributed by atoms with Crippen LogP contribution < -0.4 is 10.9 Å². The quantitative estimate of drug-likeness (QED) is 0.829. The van der Waals surface area contributed by atoms with E-state index in [9.17, 15) is 13.2 Å². The Morgan fingerprint density at radius 2 is 2.10 bits per heavy atom. The summed E-state index contributed by atoms with van der Waals surface area (Å²) in [6.07, 6.45) is 0. The molecule has 1 aromatic heterocycles. The Kier molecular flexibility index (Phi) is 3.56. The van der Waals surface area contributed by atoms with Crippen molar-refractivity contribution in [3.63, 3.8) is 0 Å². The molecular weight excluding hydrogens is 292 g/mol. The molecule has 0 radical (unpaired) electrons. The number of nitrogens with one attached hydrogen (secondary N) is 1. The fourth-order valence-corrected chi connectivity index (χ4v) is 4.04. The van der Waals surface area contributed by atoms with E-state index in [-0.39, 0.29) is 10.9 Å². The predicted molar refractivity (Wildman–Crippen MR) is 78.7 cm³/mol. The third kappa shape index (κ3) is 2.72. The zero-order valence-electron chi connectivity index (χ0n) is 11.6. The molecular formula is C14H16N2O4S. The van der Waals surface area contributed by atoms with Gasteiger partial charge in [0.2, 0.25) is 10.0 Å². The molecule has 1 saturated heterocycles. The maximum atomic E-state index is 12.6. The number of nitrogens with zero attached hydrogens (tertiary/aromatic N) is 1. The van der Waals surface area contributed by atoms with Crippen LogP contribution in [0.25, 0.3) is 11.0 Å². The minimum Gasteiger partial charge on any atom is -0.423 e. The average molecular weight is 308 g/mol. The molecule has 3 rings (SSSR count). The van der Waals surface area contributed by atoms with E-state index in [1.807, 2.05) is 6.92 Å². The summed E-state index contributed by atoms with van der Waals surface area (Å²) in [5.41, 5.74) is -0.0656. The van der Waals surface area contributed by atoms with Gasteiger partial charge in [-0.3, -0.25) is 0 Å². The lowest BCUT2D eigenvalue weighted by molar-refractivity contribution is 0.310. The summed E-state index contributed by atoms with van der Waals surface area (Å²) >= 11 is 0. The minimum atomic E-state index is -3.52. The normalized spacial score (nSPS) is 20.7. The van der Waals surface area contributed by atoms with Gasteiger partial charge in [0.25, 0.3) is 0 Å². The van der Waals surface area contributed by atoms with Gasteiger partial charge in [-0.15, -0.1) is 0 Å². The van der Waals surface area contributed by atoms with E-state index in [4.69, 9.17) is 4.42 Å². The van der Waals surface area contributed by atoms with Crippen LogP contribution in [-0.4, -0.2) is 38.4 Å². The van der Waals surface area contributed by atoms with Crippen molar-refractivity contribution in [3.05, 3.63) is 40.8 Å². The van der Waals surface area contributed by atoms with Gasteiger partial charge in [-0.2, -0.15) is 4.31 Å². The van der Waals surface area contributed by atoms with Gasteiger partial charge >= 0.3 is 5.63 Å². The standard InChI is InChI=1S/C14H16N2O4S/c1-10-9-16(7-6-15-10)21(18,19)12-3-4-13-11(8-12)2-5-14(17)20-13/h2-5,8,10,15H,6-7,9H2,1H3/t10-/m1/s1. The Balaban J connectivity index is 2.02. The highest BCUT2D eigenvalue weighted by Gasteiger charge is 2.28. The molecule has 0 bridgehead atoms. The highest BCUT2D eigenvalue weighted by molar-refractivity contribution is 7.89. The molecule has 1 aromatic carbocycles. The molecule has 1 aliphatic rings. The predicted octanol–water partition coefficient (Wildman–Crippen LogP) is 0.775. The number of hydrogen-bond donors (Lipinski definition) is 1. The highest BCUT2D eigenvalue weighted by atomic mass is 32.2. The van der Waals surface area contributed by atoms with Crippen LogP contribution in [0.3, 0.4) is 0 Å². The van der Waals surface area contributed by atoms with Gasteiger partial charge in [0.1, 0.15) is 5.58 Å². The summed E-state index contributed by atoms with van der Waals surface area (Å²) in [6.45, 7) is 3.50. The van der Waals surface area contributed by atoms with Crippen molar-refractivity contribution in [1.29, 1.82) is 0 Å². The van der Waals surface area contributed by atoms with E-state index in [0.29, 0.717) is 30.6 Å².